The van der Waals surface area contributed by atoms with Crippen molar-refractivity contribution in [1.29, 1.82) is 0 Å². The zero-order valence-electron chi connectivity index (χ0n) is 37.1. The van der Waals surface area contributed by atoms with Crippen LogP contribution in [0.3, 0.4) is 0 Å². The Balaban J connectivity index is 1.23. The number of ether oxygens (including phenoxy) is 4. The summed E-state index contributed by atoms with van der Waals surface area (Å²) < 4.78 is 76.4. The maximum Gasteiger partial charge on any atom is 0.392 e. The van der Waals surface area contributed by atoms with Crippen LogP contribution in [0.2, 0.25) is 5.02 Å². The number of fused-ring (bicyclic) bond motifs is 7. The van der Waals surface area contributed by atoms with Gasteiger partial charge < -0.3 is 28.7 Å². The van der Waals surface area contributed by atoms with E-state index in [2.05, 4.69) is 36.8 Å². The Labute approximate surface area is 393 Å². The molecule has 6 aromatic rings. The van der Waals surface area contributed by atoms with Gasteiger partial charge in [-0.3, -0.25) is 9.69 Å². The molecule has 0 spiro atoms. The van der Waals surface area contributed by atoms with Gasteiger partial charge in [0.05, 0.1) is 30.5 Å². The van der Waals surface area contributed by atoms with Crippen LogP contribution >= 0.6 is 22.9 Å². The van der Waals surface area contributed by atoms with Gasteiger partial charge in [-0.05, 0) is 78.5 Å². The Bertz CT molecular complexity index is 2740. The second kappa shape index (κ2) is 20.9. The quantitative estimate of drug-likeness (QED) is 0.0861. The second-order valence-corrected chi connectivity index (χ2v) is 17.7. The number of carbonyl (C=O) groups is 2. The molecule has 3 aromatic carbocycles. The molecule has 4 bridgehead atoms. The number of alkyl halides is 3. The molecule has 9 rings (SSSR count). The van der Waals surface area contributed by atoms with Crippen molar-refractivity contribution < 1.29 is 46.1 Å². The van der Waals surface area contributed by atoms with Gasteiger partial charge in [-0.15, -0.1) is 11.3 Å². The van der Waals surface area contributed by atoms with E-state index in [1.807, 2.05) is 24.0 Å². The summed E-state index contributed by atoms with van der Waals surface area (Å²) >= 11 is 8.67. The first kappa shape index (κ1) is 47.5. The monoisotopic (exact) mass is 961 g/mol. The molecule has 0 aliphatic carbocycles. The van der Waals surface area contributed by atoms with Gasteiger partial charge in [-0.2, -0.15) is 18.2 Å². The fourth-order valence-corrected chi connectivity index (χ4v) is 9.41. The molecule has 1 atom stereocenters. The summed E-state index contributed by atoms with van der Waals surface area (Å²) in [6.45, 7) is 7.76. The van der Waals surface area contributed by atoms with Crippen molar-refractivity contribution in [3.05, 3.63) is 112 Å². The third-order valence-electron chi connectivity index (χ3n) is 11.7. The number of halogens is 5. The van der Waals surface area contributed by atoms with Gasteiger partial charge in [0.1, 0.15) is 35.9 Å². The summed E-state index contributed by atoms with van der Waals surface area (Å²) in [5.74, 6) is -0.823. The number of likely N-dealkylation sites (N-methyl/N-ethyl adjacent to an activating group) is 1. The van der Waals surface area contributed by atoms with E-state index in [9.17, 15) is 27.2 Å². The molecule has 1 saturated heterocycles. The Morgan fingerprint density at radius 3 is 2.52 bits per heavy atom. The van der Waals surface area contributed by atoms with Crippen molar-refractivity contribution in [2.24, 2.45) is 0 Å². The van der Waals surface area contributed by atoms with Crippen molar-refractivity contribution in [3.8, 4) is 39.2 Å². The average molecular weight is 962 g/mol. The highest BCUT2D eigenvalue weighted by Crippen LogP contribution is 2.49. The number of rotatable bonds is 12. The van der Waals surface area contributed by atoms with E-state index >= 15 is 0 Å². The van der Waals surface area contributed by atoms with Gasteiger partial charge in [-0.25, -0.2) is 24.1 Å². The van der Waals surface area contributed by atoms with Gasteiger partial charge >= 0.3 is 18.2 Å². The van der Waals surface area contributed by atoms with Crippen LogP contribution in [-0.4, -0.2) is 118 Å². The molecular weight excluding hydrogens is 914 g/mol. The Hall–Kier alpha value is -5.95. The van der Waals surface area contributed by atoms with Crippen molar-refractivity contribution in [3.63, 3.8) is 0 Å². The van der Waals surface area contributed by atoms with Crippen molar-refractivity contribution in [1.82, 2.24) is 34.6 Å². The predicted octanol–water partition coefficient (Wildman–Crippen LogP) is 8.51. The van der Waals surface area contributed by atoms with Gasteiger partial charge in [-0.1, -0.05) is 48.0 Å². The normalized spacial score (nSPS) is 16.2. The number of benzene rings is 3. The number of nitrogens with zero attached hydrogens (tertiary/aromatic N) is 7. The van der Waals surface area contributed by atoms with Crippen molar-refractivity contribution in [2.45, 2.75) is 58.5 Å². The number of amides is 1. The summed E-state index contributed by atoms with van der Waals surface area (Å²) in [4.78, 5) is 53.7. The second-order valence-electron chi connectivity index (χ2n) is 16.4. The zero-order chi connectivity index (χ0) is 47.2. The van der Waals surface area contributed by atoms with Gasteiger partial charge in [0.2, 0.25) is 17.9 Å². The molecule has 0 radical (unpaired) electrons. The maximum absolute atomic E-state index is 14.6. The average Bonchev–Trinajstić information content (AvgIpc) is 3.69. The molecule has 0 saturated carbocycles. The minimum absolute atomic E-state index is 0.00469. The molecule has 1 fully saturated rings. The lowest BCUT2D eigenvalue weighted by molar-refractivity contribution is -0.151. The number of aromatic nitrogens is 4. The molecular formula is C48H48ClF4N7O6S. The lowest BCUT2D eigenvalue weighted by Gasteiger charge is -2.34. The third kappa shape index (κ3) is 11.6. The molecule has 3 aromatic heterocycles. The standard InChI is InChI=1S/C48H48ClF4N7O6S/c1-4-63-46(62)38-25-33-23-30(5-12-37(33)65-27-35-13-15-54-47(57-35)64-22-14-48(51,52)53)24-39(61)60(21-20-59-18-16-58(3)17-19-59)26-32-8-11-36(29(2)42(32)49)40-41-44(66-38)55-28-56-45(41)67-43(40)31-6-9-34(50)10-7-31/h5-13,15,23,28,38H,4,14,16-22,24-27H2,1-3H3/t38-/m1/s1. The summed E-state index contributed by atoms with van der Waals surface area (Å²) in [5, 5.41) is 0.975. The van der Waals surface area contributed by atoms with E-state index in [0.717, 1.165) is 47.7 Å². The largest absolute Gasteiger partial charge is 0.487 e. The number of hydrogen-bond donors (Lipinski definition) is 0. The van der Waals surface area contributed by atoms with Crippen LogP contribution in [0.1, 0.15) is 41.3 Å². The van der Waals surface area contributed by atoms with Crippen LogP contribution < -0.4 is 14.2 Å². The van der Waals surface area contributed by atoms with Crippen LogP contribution in [0.15, 0.2) is 73.2 Å². The van der Waals surface area contributed by atoms with Crippen molar-refractivity contribution >= 4 is 45.0 Å². The molecule has 1 amide bonds. The summed E-state index contributed by atoms with van der Waals surface area (Å²) in [6.07, 6.45) is -4.28. The van der Waals surface area contributed by atoms with Gasteiger partial charge in [0, 0.05) is 73.9 Å². The van der Waals surface area contributed by atoms with E-state index in [4.69, 9.17) is 30.5 Å². The number of carbonyl (C=O) groups excluding carboxylic acids is 2. The lowest BCUT2D eigenvalue weighted by atomic mass is 9.94. The van der Waals surface area contributed by atoms with E-state index in [0.29, 0.717) is 62.0 Å². The topological polar surface area (TPSA) is 132 Å². The SMILES string of the molecule is CCOC(=O)[C@H]1Cc2cc(ccc2OCc2ccnc(OCCC(F)(F)F)n2)CC(=O)N(CCN2CCN(C)CC2)Cc2ccc(c(C)c2Cl)-c2c(-c3ccc(F)cc3)sc3ncnc(c23)O1. The fraction of sp³-hybridized carbons (Fsp3) is 0.375. The van der Waals surface area contributed by atoms with E-state index in [1.54, 1.807) is 37.3 Å². The molecule has 3 aliphatic rings. The highest BCUT2D eigenvalue weighted by molar-refractivity contribution is 7.22. The number of hydrogen-bond acceptors (Lipinski definition) is 13. The first-order valence-corrected chi connectivity index (χ1v) is 23.0. The van der Waals surface area contributed by atoms with Crippen LogP contribution in [0.25, 0.3) is 31.8 Å². The van der Waals surface area contributed by atoms with Gasteiger partial charge in [0.25, 0.3) is 0 Å². The first-order chi connectivity index (χ1) is 32.2. The maximum atomic E-state index is 14.6. The minimum Gasteiger partial charge on any atom is -0.487 e. The Morgan fingerprint density at radius 1 is 0.970 bits per heavy atom. The molecule has 13 nitrogen and oxygen atoms in total. The van der Waals surface area contributed by atoms with Gasteiger partial charge in [0.15, 0.2) is 0 Å². The smallest absolute Gasteiger partial charge is 0.392 e. The molecule has 3 aliphatic heterocycles. The lowest BCUT2D eigenvalue weighted by Crippen LogP contribution is -2.47. The Morgan fingerprint density at radius 2 is 1.76 bits per heavy atom. The number of piperazine rings is 1. The molecule has 6 heterocycles. The Kier molecular flexibility index (Phi) is 14.8. The van der Waals surface area contributed by atoms with Crippen molar-refractivity contribution in [2.75, 3.05) is 59.5 Å². The first-order valence-electron chi connectivity index (χ1n) is 21.8. The van der Waals surface area contributed by atoms with Crippen LogP contribution in [0, 0.1) is 12.7 Å². The van der Waals surface area contributed by atoms with Crippen LogP contribution in [-0.2, 0) is 40.3 Å². The predicted molar refractivity (Wildman–Crippen MR) is 245 cm³/mol. The highest BCUT2D eigenvalue weighted by atomic mass is 35.5. The summed E-state index contributed by atoms with van der Waals surface area (Å²) in [5.41, 5.74) is 5.02. The molecule has 352 valence electrons. The molecule has 0 unspecified atom stereocenters. The highest BCUT2D eigenvalue weighted by Gasteiger charge is 2.31. The third-order valence-corrected chi connectivity index (χ3v) is 13.3. The van der Waals surface area contributed by atoms with Crippen LogP contribution in [0.4, 0.5) is 17.6 Å². The summed E-state index contributed by atoms with van der Waals surface area (Å²) in [7, 11) is 2.09. The van der Waals surface area contributed by atoms with E-state index in [1.165, 1.54) is 42.1 Å². The van der Waals surface area contributed by atoms with E-state index in [-0.39, 0.29) is 50.4 Å². The zero-order valence-corrected chi connectivity index (χ0v) is 38.6. The van der Waals surface area contributed by atoms with E-state index < -0.39 is 37.1 Å². The number of esters is 1. The fourth-order valence-electron chi connectivity index (χ4n) is 8.03. The molecule has 19 heteroatoms. The molecule has 0 N–H and O–H groups in total. The number of thiophene rings is 1. The molecule has 67 heavy (non-hydrogen) atoms. The van der Waals surface area contributed by atoms with Crippen LogP contribution in [0.5, 0.6) is 17.6 Å². The minimum atomic E-state index is -4.41. The summed E-state index contributed by atoms with van der Waals surface area (Å²) in [6, 6.07) is 16.5.